The number of para-hydroxylation sites is 1. The first-order chi connectivity index (χ1) is 10.1. The van der Waals surface area contributed by atoms with Crippen molar-refractivity contribution in [3.8, 4) is 5.75 Å². The summed E-state index contributed by atoms with van der Waals surface area (Å²) in [6, 6.07) is 11.0. The van der Waals surface area contributed by atoms with Gasteiger partial charge in [0, 0.05) is 6.54 Å². The lowest BCUT2D eigenvalue weighted by Crippen LogP contribution is -2.26. The quantitative estimate of drug-likeness (QED) is 0.842. The second kappa shape index (κ2) is 7.50. The van der Waals surface area contributed by atoms with Crippen LogP contribution in [0.5, 0.6) is 5.75 Å². The van der Waals surface area contributed by atoms with Gasteiger partial charge in [0.05, 0.1) is 15.7 Å². The van der Waals surface area contributed by atoms with Crippen LogP contribution < -0.4 is 10.1 Å². The smallest absolute Gasteiger partial charge is 0.138 e. The van der Waals surface area contributed by atoms with Gasteiger partial charge in [-0.05, 0) is 30.3 Å². The average molecular weight is 330 g/mol. The minimum absolute atomic E-state index is 0.0789. The van der Waals surface area contributed by atoms with Crippen molar-refractivity contribution in [1.29, 1.82) is 0 Å². The summed E-state index contributed by atoms with van der Waals surface area (Å²) in [5.41, 5.74) is 0.551. The van der Waals surface area contributed by atoms with Gasteiger partial charge in [-0.2, -0.15) is 0 Å². The maximum absolute atomic E-state index is 12.9. The Kier molecular flexibility index (Phi) is 5.67. The summed E-state index contributed by atoms with van der Waals surface area (Å²) >= 11 is 11.8. The maximum Gasteiger partial charge on any atom is 0.138 e. The molecule has 21 heavy (non-hydrogen) atoms. The van der Waals surface area contributed by atoms with Crippen molar-refractivity contribution < 1.29 is 14.2 Å². The monoisotopic (exact) mass is 329 g/mol. The normalized spacial score (nSPS) is 12.0. The summed E-state index contributed by atoms with van der Waals surface area (Å²) in [6.45, 7) is 0.297. The molecule has 1 unspecified atom stereocenters. The molecule has 0 bridgehead atoms. The Morgan fingerprint density at radius 1 is 1.14 bits per heavy atom. The van der Waals surface area contributed by atoms with E-state index in [1.165, 1.54) is 18.2 Å². The van der Waals surface area contributed by atoms with Gasteiger partial charge < -0.3 is 15.2 Å². The van der Waals surface area contributed by atoms with Crippen molar-refractivity contribution in [3.63, 3.8) is 0 Å². The fourth-order valence-electron chi connectivity index (χ4n) is 1.67. The highest BCUT2D eigenvalue weighted by Gasteiger charge is 2.08. The van der Waals surface area contributed by atoms with E-state index in [0.717, 1.165) is 0 Å². The van der Waals surface area contributed by atoms with Crippen LogP contribution in [0.25, 0.3) is 0 Å². The number of nitrogens with one attached hydrogen (secondary N) is 1. The molecule has 0 saturated carbocycles. The molecule has 6 heteroatoms. The number of hydrogen-bond acceptors (Lipinski definition) is 3. The molecule has 0 heterocycles. The van der Waals surface area contributed by atoms with Gasteiger partial charge >= 0.3 is 0 Å². The molecule has 0 aliphatic rings. The summed E-state index contributed by atoms with van der Waals surface area (Å²) in [6.07, 6.45) is -0.762. The van der Waals surface area contributed by atoms with Crippen LogP contribution in [0, 0.1) is 5.82 Å². The SMILES string of the molecule is OC(CNc1ccc(F)cc1Cl)COc1ccccc1Cl. The Balaban J connectivity index is 1.82. The van der Waals surface area contributed by atoms with E-state index in [0.29, 0.717) is 16.5 Å². The first kappa shape index (κ1) is 15.9. The molecule has 1 atom stereocenters. The van der Waals surface area contributed by atoms with Gasteiger partial charge in [-0.1, -0.05) is 35.3 Å². The van der Waals surface area contributed by atoms with E-state index in [-0.39, 0.29) is 18.2 Å². The van der Waals surface area contributed by atoms with E-state index in [1.54, 1.807) is 24.3 Å². The predicted molar refractivity (Wildman–Crippen MR) is 82.9 cm³/mol. The van der Waals surface area contributed by atoms with Crippen LogP contribution in [0.1, 0.15) is 0 Å². The molecule has 0 saturated heterocycles. The van der Waals surface area contributed by atoms with E-state index in [2.05, 4.69) is 5.32 Å². The average Bonchev–Trinajstić information content (AvgIpc) is 2.45. The Hall–Kier alpha value is -1.49. The second-order valence-electron chi connectivity index (χ2n) is 4.40. The highest BCUT2D eigenvalue weighted by atomic mass is 35.5. The molecule has 112 valence electrons. The Labute approximate surface area is 132 Å². The summed E-state index contributed by atoms with van der Waals surface area (Å²) < 4.78 is 18.3. The minimum Gasteiger partial charge on any atom is -0.489 e. The first-order valence-electron chi connectivity index (χ1n) is 6.30. The van der Waals surface area contributed by atoms with Crippen LogP contribution in [-0.4, -0.2) is 24.4 Å². The molecule has 0 spiro atoms. The summed E-state index contributed by atoms with van der Waals surface area (Å²) in [4.78, 5) is 0. The van der Waals surface area contributed by atoms with Crippen LogP contribution in [0.15, 0.2) is 42.5 Å². The van der Waals surface area contributed by atoms with Crippen LogP contribution in [-0.2, 0) is 0 Å². The number of rotatable bonds is 6. The van der Waals surface area contributed by atoms with Crippen molar-refractivity contribution in [2.45, 2.75) is 6.10 Å². The van der Waals surface area contributed by atoms with Gasteiger partial charge in [-0.15, -0.1) is 0 Å². The molecule has 3 nitrogen and oxygen atoms in total. The molecule has 2 aromatic rings. The van der Waals surface area contributed by atoms with Crippen molar-refractivity contribution in [3.05, 3.63) is 58.3 Å². The molecule has 0 fully saturated rings. The van der Waals surface area contributed by atoms with Crippen molar-refractivity contribution in [2.24, 2.45) is 0 Å². The fraction of sp³-hybridized carbons (Fsp3) is 0.200. The van der Waals surface area contributed by atoms with Crippen molar-refractivity contribution >= 4 is 28.9 Å². The zero-order valence-electron chi connectivity index (χ0n) is 11.0. The van der Waals surface area contributed by atoms with E-state index < -0.39 is 11.9 Å². The third kappa shape index (κ3) is 4.77. The number of aliphatic hydroxyl groups excluding tert-OH is 1. The summed E-state index contributed by atoms with van der Waals surface area (Å²) in [5.74, 6) is 0.103. The molecule has 0 radical (unpaired) electrons. The Morgan fingerprint density at radius 2 is 1.90 bits per heavy atom. The summed E-state index contributed by atoms with van der Waals surface area (Å²) in [5, 5.41) is 13.5. The highest BCUT2D eigenvalue weighted by Crippen LogP contribution is 2.24. The second-order valence-corrected chi connectivity index (χ2v) is 5.21. The van der Waals surface area contributed by atoms with Crippen molar-refractivity contribution in [1.82, 2.24) is 0 Å². The lowest BCUT2D eigenvalue weighted by atomic mass is 10.3. The molecule has 2 aromatic carbocycles. The minimum atomic E-state index is -0.762. The zero-order valence-corrected chi connectivity index (χ0v) is 12.5. The number of hydrogen-bond donors (Lipinski definition) is 2. The largest absolute Gasteiger partial charge is 0.489 e. The molecule has 0 amide bonds. The van der Waals surface area contributed by atoms with E-state index in [9.17, 15) is 9.50 Å². The molecule has 2 N–H and O–H groups in total. The fourth-order valence-corrected chi connectivity index (χ4v) is 2.09. The topological polar surface area (TPSA) is 41.5 Å². The zero-order chi connectivity index (χ0) is 15.2. The molecule has 0 aromatic heterocycles. The number of benzene rings is 2. The number of aliphatic hydroxyl groups is 1. The lowest BCUT2D eigenvalue weighted by Gasteiger charge is -2.15. The van der Waals surface area contributed by atoms with Crippen LogP contribution in [0.2, 0.25) is 10.0 Å². The lowest BCUT2D eigenvalue weighted by molar-refractivity contribution is 0.117. The Morgan fingerprint density at radius 3 is 2.62 bits per heavy atom. The molecular weight excluding hydrogens is 316 g/mol. The maximum atomic E-state index is 12.9. The van der Waals surface area contributed by atoms with Gasteiger partial charge in [-0.25, -0.2) is 4.39 Å². The summed E-state index contributed by atoms with van der Waals surface area (Å²) in [7, 11) is 0. The third-order valence-corrected chi connectivity index (χ3v) is 3.35. The van der Waals surface area contributed by atoms with E-state index in [1.807, 2.05) is 0 Å². The van der Waals surface area contributed by atoms with E-state index >= 15 is 0 Å². The number of anilines is 1. The van der Waals surface area contributed by atoms with Crippen molar-refractivity contribution in [2.75, 3.05) is 18.5 Å². The highest BCUT2D eigenvalue weighted by molar-refractivity contribution is 6.33. The molecule has 0 aliphatic carbocycles. The van der Waals surface area contributed by atoms with Gasteiger partial charge in [0.1, 0.15) is 24.3 Å². The molecular formula is C15H14Cl2FNO2. The van der Waals surface area contributed by atoms with Gasteiger partial charge in [0.25, 0.3) is 0 Å². The Bertz CT molecular complexity index is 610. The standard InChI is InChI=1S/C15H14Cl2FNO2/c16-12-3-1-2-4-15(12)21-9-11(20)8-19-14-6-5-10(18)7-13(14)17/h1-7,11,19-20H,8-9H2. The predicted octanol–water partition coefficient (Wildman–Crippen LogP) is 3.98. The first-order valence-corrected chi connectivity index (χ1v) is 7.06. The molecule has 0 aliphatic heterocycles. The number of ether oxygens (including phenoxy) is 1. The van der Waals surface area contributed by atoms with Crippen LogP contribution >= 0.6 is 23.2 Å². The van der Waals surface area contributed by atoms with Crippen LogP contribution in [0.4, 0.5) is 10.1 Å². The molecule has 2 rings (SSSR count). The third-order valence-electron chi connectivity index (χ3n) is 2.73. The number of halogens is 3. The van der Waals surface area contributed by atoms with Gasteiger partial charge in [0.15, 0.2) is 0 Å². The van der Waals surface area contributed by atoms with Crippen LogP contribution in [0.3, 0.4) is 0 Å². The van der Waals surface area contributed by atoms with Gasteiger partial charge in [0.2, 0.25) is 0 Å². The van der Waals surface area contributed by atoms with E-state index in [4.69, 9.17) is 27.9 Å². The van der Waals surface area contributed by atoms with Gasteiger partial charge in [-0.3, -0.25) is 0 Å².